The minimum Gasteiger partial charge on any atom is -0.396 e. The van der Waals surface area contributed by atoms with E-state index in [-0.39, 0.29) is 37.7 Å². The highest BCUT2D eigenvalue weighted by Crippen LogP contribution is 2.20. The quantitative estimate of drug-likeness (QED) is 0.123. The summed E-state index contributed by atoms with van der Waals surface area (Å²) in [5, 5.41) is 23.5. The van der Waals surface area contributed by atoms with Crippen LogP contribution in [0.2, 0.25) is 0 Å². The van der Waals surface area contributed by atoms with Gasteiger partial charge in [-0.3, -0.25) is 4.79 Å². The molecule has 0 radical (unpaired) electrons. The van der Waals surface area contributed by atoms with Gasteiger partial charge in [0.1, 0.15) is 5.83 Å². The second kappa shape index (κ2) is 21.0. The van der Waals surface area contributed by atoms with E-state index in [4.69, 9.17) is 10.2 Å². The maximum Gasteiger partial charge on any atom is 0.279 e. The molecule has 1 rings (SSSR count). The predicted octanol–water partition coefficient (Wildman–Crippen LogP) is 5.77. The fourth-order valence-electron chi connectivity index (χ4n) is 4.37. The molecule has 1 fully saturated rings. The second-order valence-corrected chi connectivity index (χ2v) is 9.53. The highest BCUT2D eigenvalue weighted by atomic mass is 19.1. The normalized spacial score (nSPS) is 19.1. The van der Waals surface area contributed by atoms with Crippen molar-refractivity contribution in [3.8, 4) is 0 Å². The molecule has 0 aromatic rings. The monoisotopic (exact) mass is 486 g/mol. The Labute approximate surface area is 205 Å². The first-order valence-corrected chi connectivity index (χ1v) is 13.5. The number of halogens is 2. The van der Waals surface area contributed by atoms with E-state index in [1.165, 1.54) is 6.08 Å². The van der Waals surface area contributed by atoms with Crippen molar-refractivity contribution in [3.05, 3.63) is 23.8 Å². The van der Waals surface area contributed by atoms with Crippen LogP contribution in [0.25, 0.3) is 0 Å². The van der Waals surface area contributed by atoms with Crippen LogP contribution in [0.15, 0.2) is 23.8 Å². The van der Waals surface area contributed by atoms with Gasteiger partial charge < -0.3 is 20.8 Å². The Morgan fingerprint density at radius 3 is 1.82 bits per heavy atom. The number of aliphatic hydroxyl groups is 2. The fourth-order valence-corrected chi connectivity index (χ4v) is 4.37. The summed E-state index contributed by atoms with van der Waals surface area (Å²) in [6.07, 6.45) is 18.8. The van der Waals surface area contributed by atoms with Crippen molar-refractivity contribution in [2.75, 3.05) is 19.8 Å². The average Bonchev–Trinajstić information content (AvgIpc) is 3.28. The van der Waals surface area contributed by atoms with Gasteiger partial charge in [0, 0.05) is 31.8 Å². The van der Waals surface area contributed by atoms with Crippen LogP contribution in [0.1, 0.15) is 109 Å². The lowest BCUT2D eigenvalue weighted by molar-refractivity contribution is -0.119. The number of hydrogen-bond acceptors (Lipinski definition) is 4. The molecule has 2 atom stereocenters. The fraction of sp³-hybridized carbons (Fsp3) is 0.815. The van der Waals surface area contributed by atoms with Crippen molar-refractivity contribution >= 4 is 5.91 Å². The van der Waals surface area contributed by atoms with E-state index in [2.05, 4.69) is 10.6 Å². The van der Waals surface area contributed by atoms with Crippen molar-refractivity contribution in [1.82, 2.24) is 10.6 Å². The summed E-state index contributed by atoms with van der Waals surface area (Å²) in [6, 6.07) is 0.0578. The van der Waals surface area contributed by atoms with Gasteiger partial charge in [0.25, 0.3) is 5.91 Å². The molecule has 4 N–H and O–H groups in total. The molecule has 0 spiro atoms. The van der Waals surface area contributed by atoms with Crippen molar-refractivity contribution in [2.24, 2.45) is 0 Å². The first-order valence-electron chi connectivity index (χ1n) is 13.5. The van der Waals surface area contributed by atoms with Crippen molar-refractivity contribution in [1.29, 1.82) is 0 Å². The summed E-state index contributed by atoms with van der Waals surface area (Å²) < 4.78 is 28.1. The van der Waals surface area contributed by atoms with Gasteiger partial charge in [-0.2, -0.15) is 0 Å². The van der Waals surface area contributed by atoms with Crippen LogP contribution in [0, 0.1) is 0 Å². The third kappa shape index (κ3) is 16.3. The first kappa shape index (κ1) is 30.7. The van der Waals surface area contributed by atoms with Crippen LogP contribution < -0.4 is 10.6 Å². The third-order valence-electron chi connectivity index (χ3n) is 6.46. The number of hydrogen-bond donors (Lipinski definition) is 4. The Morgan fingerprint density at radius 1 is 0.735 bits per heavy atom. The molecule has 0 saturated heterocycles. The first-order chi connectivity index (χ1) is 16.6. The van der Waals surface area contributed by atoms with E-state index in [0.29, 0.717) is 12.8 Å². The van der Waals surface area contributed by atoms with Crippen molar-refractivity contribution in [2.45, 2.75) is 121 Å². The summed E-state index contributed by atoms with van der Waals surface area (Å²) in [4.78, 5) is 12.1. The van der Waals surface area contributed by atoms with Gasteiger partial charge in [0.2, 0.25) is 0 Å². The predicted molar refractivity (Wildman–Crippen MR) is 135 cm³/mol. The minimum absolute atomic E-state index is 0.0754. The lowest BCUT2D eigenvalue weighted by Gasteiger charge is -2.14. The maximum absolute atomic E-state index is 14.1. The number of unbranched alkanes of at least 4 members (excludes halogenated alkanes) is 12. The number of amides is 1. The number of carbonyl (C=O) groups is 1. The molecular formula is C27H48F2N2O3. The van der Waals surface area contributed by atoms with Crippen molar-refractivity contribution in [3.63, 3.8) is 0 Å². The molecule has 1 amide bonds. The molecule has 2 unspecified atom stereocenters. The molecule has 7 heteroatoms. The van der Waals surface area contributed by atoms with E-state index in [1.807, 2.05) is 0 Å². The van der Waals surface area contributed by atoms with Gasteiger partial charge in [0.05, 0.1) is 0 Å². The Hall–Kier alpha value is -1.31. The lowest BCUT2D eigenvalue weighted by atomic mass is 10.1. The smallest absolute Gasteiger partial charge is 0.279 e. The second-order valence-electron chi connectivity index (χ2n) is 9.53. The maximum atomic E-state index is 14.1. The highest BCUT2D eigenvalue weighted by molar-refractivity contribution is 5.91. The molecule has 0 aromatic heterocycles. The van der Waals surface area contributed by atoms with Crippen LogP contribution in [-0.2, 0) is 4.79 Å². The molecule has 1 saturated carbocycles. The number of nitrogens with one attached hydrogen (secondary N) is 2. The zero-order valence-corrected chi connectivity index (χ0v) is 21.0. The van der Waals surface area contributed by atoms with Crippen LogP contribution in [0.4, 0.5) is 8.78 Å². The van der Waals surface area contributed by atoms with Crippen LogP contribution in [0.5, 0.6) is 0 Å². The Balaban J connectivity index is 2.10. The molecule has 34 heavy (non-hydrogen) atoms. The molecule has 0 aliphatic heterocycles. The van der Waals surface area contributed by atoms with Gasteiger partial charge in [-0.25, -0.2) is 8.78 Å². The summed E-state index contributed by atoms with van der Waals surface area (Å²) in [6.45, 7) is 0.705. The topological polar surface area (TPSA) is 81.6 Å². The molecule has 1 aliphatic carbocycles. The van der Waals surface area contributed by atoms with Gasteiger partial charge in [-0.1, -0.05) is 57.4 Å². The number of allylic oxidation sites excluding steroid dienone is 2. The van der Waals surface area contributed by atoms with Crippen molar-refractivity contribution < 1.29 is 23.8 Å². The van der Waals surface area contributed by atoms with E-state index < -0.39 is 11.7 Å². The third-order valence-corrected chi connectivity index (χ3v) is 6.46. The van der Waals surface area contributed by atoms with E-state index in [9.17, 15) is 13.6 Å². The van der Waals surface area contributed by atoms with Crippen LogP contribution in [0.3, 0.4) is 0 Å². The zero-order chi connectivity index (χ0) is 24.9. The Morgan fingerprint density at radius 2 is 1.24 bits per heavy atom. The molecule has 0 aromatic carbocycles. The van der Waals surface area contributed by atoms with Gasteiger partial charge in [0.15, 0.2) is 5.83 Å². The molecular weight excluding hydrogens is 438 g/mol. The highest BCUT2D eigenvalue weighted by Gasteiger charge is 2.26. The zero-order valence-electron chi connectivity index (χ0n) is 21.0. The molecule has 0 heterocycles. The van der Waals surface area contributed by atoms with E-state index >= 15 is 0 Å². The van der Waals surface area contributed by atoms with Gasteiger partial charge in [-0.15, -0.1) is 0 Å². The summed E-state index contributed by atoms with van der Waals surface area (Å²) in [5.74, 6) is -1.50. The number of carbonyl (C=O) groups excluding carboxylic acids is 1. The van der Waals surface area contributed by atoms with Crippen LogP contribution in [-0.4, -0.2) is 48.0 Å². The van der Waals surface area contributed by atoms with Gasteiger partial charge in [-0.05, 0) is 63.9 Å². The van der Waals surface area contributed by atoms with E-state index in [0.717, 1.165) is 96.3 Å². The summed E-state index contributed by atoms with van der Waals surface area (Å²) in [5.41, 5.74) is 0. The SMILES string of the molecule is O=C(NC1CCC(NCC(F)=CCCCCCCCCO)C1)C(F)=CCCCCCCCCO. The number of rotatable bonds is 21. The summed E-state index contributed by atoms with van der Waals surface area (Å²) >= 11 is 0. The van der Waals surface area contributed by atoms with E-state index in [1.54, 1.807) is 6.08 Å². The molecule has 0 bridgehead atoms. The molecule has 5 nitrogen and oxygen atoms in total. The van der Waals surface area contributed by atoms with Gasteiger partial charge >= 0.3 is 0 Å². The number of aliphatic hydroxyl groups excluding tert-OH is 2. The Bertz CT molecular complexity index is 584. The average molecular weight is 487 g/mol. The molecule has 1 aliphatic rings. The minimum atomic E-state index is -0.709. The van der Waals surface area contributed by atoms with Crippen LogP contribution >= 0.6 is 0 Å². The Kier molecular flexibility index (Phi) is 19.0. The lowest BCUT2D eigenvalue weighted by Crippen LogP contribution is -2.35. The molecule has 198 valence electrons. The standard InChI is InChI=1S/C27H48F2N2O3/c28-23(15-11-7-3-1-5-9-13-19-32)22-30-24-17-18-25(21-24)31-27(34)26(29)16-12-8-4-2-6-10-14-20-33/h15-16,24-25,30,32-33H,1-14,17-22H2,(H,31,34). The largest absolute Gasteiger partial charge is 0.396 e. The summed E-state index contributed by atoms with van der Waals surface area (Å²) in [7, 11) is 0.